The van der Waals surface area contributed by atoms with Crippen molar-refractivity contribution < 1.29 is 0 Å². The minimum atomic E-state index is 0.697. The van der Waals surface area contributed by atoms with E-state index in [1.807, 2.05) is 0 Å². The van der Waals surface area contributed by atoms with Crippen LogP contribution in [-0.2, 0) is 0 Å². The van der Waals surface area contributed by atoms with Gasteiger partial charge in [0.1, 0.15) is 0 Å². The molecular weight excluding hydrogens is 162 g/mol. The molecule has 1 atom stereocenters. The maximum absolute atomic E-state index is 3.54. The van der Waals surface area contributed by atoms with Gasteiger partial charge < -0.3 is 15.5 Å². The summed E-state index contributed by atoms with van der Waals surface area (Å²) >= 11 is 0. The highest BCUT2D eigenvalue weighted by atomic mass is 15.2. The number of piperazine rings is 1. The molecule has 1 aliphatic rings. The molecule has 3 nitrogen and oxygen atoms in total. The molecule has 0 aliphatic carbocycles. The zero-order valence-electron chi connectivity index (χ0n) is 8.97. The third-order valence-electron chi connectivity index (χ3n) is 2.55. The van der Waals surface area contributed by atoms with Gasteiger partial charge in [0, 0.05) is 25.7 Å². The van der Waals surface area contributed by atoms with Gasteiger partial charge in [0.2, 0.25) is 0 Å². The fraction of sp³-hybridized carbons (Fsp3) is 1.00. The SMILES string of the molecule is CCCNCCC1CN(C)CCN1. The fourth-order valence-electron chi connectivity index (χ4n) is 1.76. The van der Waals surface area contributed by atoms with E-state index in [-0.39, 0.29) is 0 Å². The van der Waals surface area contributed by atoms with E-state index in [2.05, 4.69) is 29.5 Å². The van der Waals surface area contributed by atoms with Crippen LogP contribution in [0, 0.1) is 0 Å². The summed E-state index contributed by atoms with van der Waals surface area (Å²) in [5.74, 6) is 0. The van der Waals surface area contributed by atoms with Crippen molar-refractivity contribution in [3.05, 3.63) is 0 Å². The maximum Gasteiger partial charge on any atom is 0.0207 e. The minimum Gasteiger partial charge on any atom is -0.317 e. The molecule has 1 fully saturated rings. The van der Waals surface area contributed by atoms with Crippen LogP contribution in [0.25, 0.3) is 0 Å². The summed E-state index contributed by atoms with van der Waals surface area (Å²) in [5.41, 5.74) is 0. The van der Waals surface area contributed by atoms with E-state index in [0.29, 0.717) is 6.04 Å². The molecule has 0 saturated carbocycles. The Labute approximate surface area is 81.9 Å². The first-order valence-electron chi connectivity index (χ1n) is 5.45. The predicted molar refractivity (Wildman–Crippen MR) is 57.1 cm³/mol. The first-order chi connectivity index (χ1) is 6.33. The molecule has 3 heteroatoms. The Morgan fingerprint density at radius 2 is 2.31 bits per heavy atom. The van der Waals surface area contributed by atoms with Gasteiger partial charge in [-0.05, 0) is 33.0 Å². The molecule has 2 N–H and O–H groups in total. The van der Waals surface area contributed by atoms with Crippen LogP contribution >= 0.6 is 0 Å². The third-order valence-corrected chi connectivity index (χ3v) is 2.55. The average molecular weight is 185 g/mol. The van der Waals surface area contributed by atoms with Crippen molar-refractivity contribution in [3.8, 4) is 0 Å². The lowest BCUT2D eigenvalue weighted by Crippen LogP contribution is -2.49. The molecule has 1 saturated heterocycles. The number of hydrogen-bond acceptors (Lipinski definition) is 3. The fourth-order valence-corrected chi connectivity index (χ4v) is 1.76. The Kier molecular flexibility index (Phi) is 5.35. The van der Waals surface area contributed by atoms with E-state index in [0.717, 1.165) is 19.6 Å². The Bertz CT molecular complexity index is 127. The predicted octanol–water partition coefficient (Wildman–Crippen LogP) is 0.280. The van der Waals surface area contributed by atoms with E-state index in [4.69, 9.17) is 0 Å². The first-order valence-corrected chi connectivity index (χ1v) is 5.45. The Morgan fingerprint density at radius 1 is 1.46 bits per heavy atom. The van der Waals surface area contributed by atoms with Gasteiger partial charge in [-0.2, -0.15) is 0 Å². The second-order valence-corrected chi connectivity index (χ2v) is 3.95. The molecule has 1 aliphatic heterocycles. The number of nitrogens with one attached hydrogen (secondary N) is 2. The van der Waals surface area contributed by atoms with Gasteiger partial charge in [-0.25, -0.2) is 0 Å². The van der Waals surface area contributed by atoms with E-state index in [1.165, 1.54) is 25.9 Å². The Morgan fingerprint density at radius 3 is 3.00 bits per heavy atom. The highest BCUT2D eigenvalue weighted by Gasteiger charge is 2.14. The monoisotopic (exact) mass is 185 g/mol. The molecule has 0 amide bonds. The molecule has 0 radical (unpaired) electrons. The minimum absolute atomic E-state index is 0.697. The molecule has 1 unspecified atom stereocenters. The van der Waals surface area contributed by atoms with Crippen molar-refractivity contribution in [1.29, 1.82) is 0 Å². The van der Waals surface area contributed by atoms with E-state index >= 15 is 0 Å². The summed E-state index contributed by atoms with van der Waals surface area (Å²) < 4.78 is 0. The van der Waals surface area contributed by atoms with Crippen LogP contribution in [0.1, 0.15) is 19.8 Å². The van der Waals surface area contributed by atoms with Crippen molar-refractivity contribution in [2.45, 2.75) is 25.8 Å². The summed E-state index contributed by atoms with van der Waals surface area (Å²) in [6.45, 7) is 8.06. The Balaban J connectivity index is 2.00. The Hall–Kier alpha value is -0.120. The highest BCUT2D eigenvalue weighted by molar-refractivity contribution is 4.76. The lowest BCUT2D eigenvalue weighted by Gasteiger charge is -2.30. The molecule has 1 rings (SSSR count). The molecule has 0 aromatic heterocycles. The van der Waals surface area contributed by atoms with Gasteiger partial charge in [-0.1, -0.05) is 6.92 Å². The zero-order valence-corrected chi connectivity index (χ0v) is 8.97. The van der Waals surface area contributed by atoms with Crippen LogP contribution in [0.4, 0.5) is 0 Å². The van der Waals surface area contributed by atoms with Gasteiger partial charge >= 0.3 is 0 Å². The summed E-state index contributed by atoms with van der Waals surface area (Å²) in [6, 6.07) is 0.697. The molecule has 1 heterocycles. The van der Waals surface area contributed by atoms with Crippen LogP contribution in [0.5, 0.6) is 0 Å². The largest absolute Gasteiger partial charge is 0.317 e. The third kappa shape index (κ3) is 4.60. The van der Waals surface area contributed by atoms with Crippen molar-refractivity contribution in [2.75, 3.05) is 39.8 Å². The summed E-state index contributed by atoms with van der Waals surface area (Å²) in [4.78, 5) is 2.40. The molecule has 13 heavy (non-hydrogen) atoms. The molecular formula is C10H23N3. The molecule has 78 valence electrons. The van der Waals surface area contributed by atoms with Crippen molar-refractivity contribution in [3.63, 3.8) is 0 Å². The summed E-state index contributed by atoms with van der Waals surface area (Å²) in [6.07, 6.45) is 2.49. The lowest BCUT2D eigenvalue weighted by molar-refractivity contribution is 0.231. The van der Waals surface area contributed by atoms with Crippen LogP contribution in [0.3, 0.4) is 0 Å². The topological polar surface area (TPSA) is 27.3 Å². The van der Waals surface area contributed by atoms with E-state index in [9.17, 15) is 0 Å². The van der Waals surface area contributed by atoms with Crippen molar-refractivity contribution in [1.82, 2.24) is 15.5 Å². The van der Waals surface area contributed by atoms with E-state index < -0.39 is 0 Å². The molecule has 0 aromatic carbocycles. The standard InChI is InChI=1S/C10H23N3/c1-3-5-11-6-4-10-9-13(2)8-7-12-10/h10-12H,3-9H2,1-2H3. The molecule has 0 spiro atoms. The number of rotatable bonds is 5. The highest BCUT2D eigenvalue weighted by Crippen LogP contribution is 1.99. The normalized spacial score (nSPS) is 24.9. The second kappa shape index (κ2) is 6.35. The van der Waals surface area contributed by atoms with Crippen LogP contribution in [0.15, 0.2) is 0 Å². The first kappa shape index (κ1) is 11.0. The molecule has 0 aromatic rings. The average Bonchev–Trinajstić information content (AvgIpc) is 2.13. The smallest absolute Gasteiger partial charge is 0.0207 e. The van der Waals surface area contributed by atoms with Crippen molar-refractivity contribution >= 4 is 0 Å². The number of nitrogens with zero attached hydrogens (tertiary/aromatic N) is 1. The van der Waals surface area contributed by atoms with Crippen LogP contribution in [-0.4, -0.2) is 50.7 Å². The van der Waals surface area contributed by atoms with Gasteiger partial charge in [0.25, 0.3) is 0 Å². The van der Waals surface area contributed by atoms with Crippen molar-refractivity contribution in [2.24, 2.45) is 0 Å². The quantitative estimate of drug-likeness (QED) is 0.603. The van der Waals surface area contributed by atoms with Gasteiger partial charge in [-0.15, -0.1) is 0 Å². The number of hydrogen-bond donors (Lipinski definition) is 2. The second-order valence-electron chi connectivity index (χ2n) is 3.95. The van der Waals surface area contributed by atoms with Gasteiger partial charge in [0.05, 0.1) is 0 Å². The van der Waals surface area contributed by atoms with Gasteiger partial charge in [-0.3, -0.25) is 0 Å². The zero-order chi connectivity index (χ0) is 9.52. The maximum atomic E-state index is 3.54. The summed E-state index contributed by atoms with van der Waals surface area (Å²) in [7, 11) is 2.20. The van der Waals surface area contributed by atoms with Crippen LogP contribution < -0.4 is 10.6 Å². The lowest BCUT2D eigenvalue weighted by atomic mass is 10.1. The summed E-state index contributed by atoms with van der Waals surface area (Å²) in [5, 5.41) is 6.98. The molecule has 0 bridgehead atoms. The van der Waals surface area contributed by atoms with E-state index in [1.54, 1.807) is 0 Å². The van der Waals surface area contributed by atoms with Crippen LogP contribution in [0.2, 0.25) is 0 Å². The number of likely N-dealkylation sites (N-methyl/N-ethyl adjacent to an activating group) is 1. The van der Waals surface area contributed by atoms with Gasteiger partial charge in [0.15, 0.2) is 0 Å².